The van der Waals surface area contributed by atoms with Crippen LogP contribution in [0.5, 0.6) is 0 Å². The predicted molar refractivity (Wildman–Crippen MR) is 96.7 cm³/mol. The van der Waals surface area contributed by atoms with Gasteiger partial charge >= 0.3 is 0 Å². The number of fused-ring (bicyclic) bond motifs is 6. The summed E-state index contributed by atoms with van der Waals surface area (Å²) in [5.41, 5.74) is 4.65. The second-order valence-electron chi connectivity index (χ2n) is 5.94. The van der Waals surface area contributed by atoms with Crippen LogP contribution in [0.1, 0.15) is 0 Å². The molecule has 110 valence electrons. The van der Waals surface area contributed by atoms with Crippen molar-refractivity contribution in [2.75, 3.05) is 0 Å². The summed E-state index contributed by atoms with van der Waals surface area (Å²) < 4.78 is 4.42. The van der Waals surface area contributed by atoms with Crippen LogP contribution in [0.3, 0.4) is 0 Å². The maximum atomic E-state index is 5.85. The number of aryl methyl sites for hydroxylation is 1. The van der Waals surface area contributed by atoms with Gasteiger partial charge in [0, 0.05) is 11.5 Å². The Balaban J connectivity index is 2.13. The van der Waals surface area contributed by atoms with Crippen LogP contribution in [0.4, 0.5) is 0 Å². The molecule has 2 aromatic carbocycles. The molecule has 3 heterocycles. The number of rotatable bonds is 0. The van der Waals surface area contributed by atoms with Gasteiger partial charge in [-0.3, -0.25) is 0 Å². The van der Waals surface area contributed by atoms with Crippen molar-refractivity contribution in [3.63, 3.8) is 0 Å². The molecule has 3 heteroatoms. The lowest BCUT2D eigenvalue weighted by molar-refractivity contribution is -0.619. The van der Waals surface area contributed by atoms with E-state index in [2.05, 4.69) is 82.7 Å². The van der Waals surface area contributed by atoms with Gasteiger partial charge < -0.3 is 17.0 Å². The van der Waals surface area contributed by atoms with Crippen LogP contribution in [0.25, 0.3) is 38.2 Å². The topological polar surface area (TPSA) is 8.29 Å². The third kappa shape index (κ3) is 1.60. The number of pyridine rings is 2. The number of aromatic nitrogens is 2. The van der Waals surface area contributed by atoms with Crippen molar-refractivity contribution in [3.8, 4) is 0 Å². The van der Waals surface area contributed by atoms with E-state index < -0.39 is 0 Å². The van der Waals surface area contributed by atoms with Gasteiger partial charge in [-0.15, -0.1) is 0 Å². The monoisotopic (exact) mass is 314 g/mol. The highest BCUT2D eigenvalue weighted by atomic mass is 32.1. The molecule has 5 aromatic rings. The van der Waals surface area contributed by atoms with Gasteiger partial charge in [-0.1, -0.05) is 36.4 Å². The third-order valence-corrected chi connectivity index (χ3v) is 5.09. The second-order valence-corrected chi connectivity index (χ2v) is 6.33. The lowest BCUT2D eigenvalue weighted by atomic mass is 10.1. The number of hydrogen-bond acceptors (Lipinski definition) is 1. The Kier molecular flexibility index (Phi) is 2.48. The second kappa shape index (κ2) is 4.43. The minimum absolute atomic E-state index is 0.875. The molecule has 0 aliphatic rings. The molecular weight excluding hydrogens is 300 g/mol. The van der Waals surface area contributed by atoms with Gasteiger partial charge in [0.25, 0.3) is 0 Å². The Bertz CT molecular complexity index is 1230. The summed E-state index contributed by atoms with van der Waals surface area (Å²) in [6.07, 6.45) is 0. The maximum Gasteiger partial charge on any atom is 0.212 e. The average molecular weight is 314 g/mol. The lowest BCUT2D eigenvalue weighted by Gasteiger charge is -2.09. The van der Waals surface area contributed by atoms with E-state index in [1.807, 2.05) is 0 Å². The van der Waals surface area contributed by atoms with Crippen molar-refractivity contribution in [1.82, 2.24) is 4.40 Å². The van der Waals surface area contributed by atoms with Crippen LogP contribution in [0, 0.1) is 0 Å². The first-order valence-corrected chi connectivity index (χ1v) is 8.07. The summed E-state index contributed by atoms with van der Waals surface area (Å²) in [6.45, 7) is 0. The van der Waals surface area contributed by atoms with Gasteiger partial charge in [0.1, 0.15) is 7.05 Å². The Morgan fingerprint density at radius 2 is 1.57 bits per heavy atom. The fourth-order valence-corrected chi connectivity index (χ4v) is 4.08. The zero-order chi connectivity index (χ0) is 15.6. The minimum Gasteiger partial charge on any atom is -0.755 e. The fraction of sp³-hybridized carbons (Fsp3) is 0.0500. The number of para-hydroxylation sites is 2. The van der Waals surface area contributed by atoms with Gasteiger partial charge in [-0.25, -0.2) is 0 Å². The first kappa shape index (κ1) is 12.9. The van der Waals surface area contributed by atoms with Crippen LogP contribution in [-0.4, -0.2) is 4.40 Å². The largest absolute Gasteiger partial charge is 0.755 e. The summed E-state index contributed by atoms with van der Waals surface area (Å²) in [7, 11) is 2.10. The molecule has 0 aliphatic carbocycles. The summed E-state index contributed by atoms with van der Waals surface area (Å²) in [5.74, 6) is 0. The summed E-state index contributed by atoms with van der Waals surface area (Å²) in [6, 6.07) is 23.5. The molecule has 0 unspecified atom stereocenters. The molecular formula is C20H14N2S. The van der Waals surface area contributed by atoms with Crippen LogP contribution in [0.2, 0.25) is 0 Å². The highest BCUT2D eigenvalue weighted by molar-refractivity contribution is 7.59. The molecule has 23 heavy (non-hydrogen) atoms. The highest BCUT2D eigenvalue weighted by Gasteiger charge is 2.17. The fourth-order valence-electron chi connectivity index (χ4n) is 3.63. The predicted octanol–water partition coefficient (Wildman–Crippen LogP) is 4.13. The highest BCUT2D eigenvalue weighted by Crippen LogP contribution is 2.30. The zero-order valence-electron chi connectivity index (χ0n) is 12.7. The molecule has 0 amide bonds. The van der Waals surface area contributed by atoms with E-state index >= 15 is 0 Å². The first-order chi connectivity index (χ1) is 11.3. The molecule has 5 rings (SSSR count). The van der Waals surface area contributed by atoms with Crippen molar-refractivity contribution >= 4 is 50.9 Å². The number of hydrogen-bond donors (Lipinski definition) is 0. The molecule has 0 aliphatic heterocycles. The molecule has 3 aromatic heterocycles. The molecule has 0 bridgehead atoms. The van der Waals surface area contributed by atoms with Crippen molar-refractivity contribution in [2.24, 2.45) is 7.05 Å². The van der Waals surface area contributed by atoms with E-state index in [9.17, 15) is 0 Å². The summed E-state index contributed by atoms with van der Waals surface area (Å²) >= 11 is 5.85. The smallest absolute Gasteiger partial charge is 0.212 e. The van der Waals surface area contributed by atoms with Gasteiger partial charge in [0.2, 0.25) is 11.0 Å². The SMILES string of the molecule is C[n+]1c2ccccc2cc2c3ccc4ccccc4n3c([S-])c21. The van der Waals surface area contributed by atoms with E-state index in [1.54, 1.807) is 0 Å². The molecule has 2 nitrogen and oxygen atoms in total. The Labute approximate surface area is 139 Å². The van der Waals surface area contributed by atoms with Gasteiger partial charge in [-0.05, 0) is 34.7 Å². The lowest BCUT2D eigenvalue weighted by Crippen LogP contribution is -2.30. The molecule has 0 fully saturated rings. The zero-order valence-corrected chi connectivity index (χ0v) is 13.5. The molecule has 0 spiro atoms. The number of benzene rings is 2. The first-order valence-electron chi connectivity index (χ1n) is 7.66. The van der Waals surface area contributed by atoms with Crippen LogP contribution < -0.4 is 4.57 Å². The minimum atomic E-state index is 0.875. The molecule has 0 saturated carbocycles. The normalized spacial score (nSPS) is 11.9. The Hall–Kier alpha value is -2.65. The third-order valence-electron chi connectivity index (χ3n) is 4.71. The summed E-state index contributed by atoms with van der Waals surface area (Å²) in [5, 5.41) is 4.53. The standard InChI is InChI=1S/C20H14N2S/c1-21-16-8-4-3-7-14(16)12-15-18-11-10-13-6-2-5-9-17(13)22(18)20(23)19(15)21/h2-12H,1H3. The molecule has 0 atom stereocenters. The van der Waals surface area contributed by atoms with Crippen LogP contribution in [0.15, 0.2) is 71.8 Å². The quantitative estimate of drug-likeness (QED) is 0.308. The van der Waals surface area contributed by atoms with Gasteiger partial charge in [-0.2, -0.15) is 4.57 Å². The number of nitrogens with zero attached hydrogens (tertiary/aromatic N) is 2. The van der Waals surface area contributed by atoms with Gasteiger partial charge in [0.05, 0.1) is 16.4 Å². The molecule has 0 saturated heterocycles. The molecule has 0 radical (unpaired) electrons. The van der Waals surface area contributed by atoms with Gasteiger partial charge in [0.15, 0.2) is 0 Å². The van der Waals surface area contributed by atoms with Crippen molar-refractivity contribution < 1.29 is 4.57 Å². The van der Waals surface area contributed by atoms with Crippen molar-refractivity contribution in [1.29, 1.82) is 0 Å². The Morgan fingerprint density at radius 1 is 0.826 bits per heavy atom. The Morgan fingerprint density at radius 3 is 2.43 bits per heavy atom. The summed E-state index contributed by atoms with van der Waals surface area (Å²) in [4.78, 5) is 0. The average Bonchev–Trinajstić information content (AvgIpc) is 2.88. The van der Waals surface area contributed by atoms with E-state index in [0.717, 1.165) is 16.1 Å². The van der Waals surface area contributed by atoms with E-state index in [4.69, 9.17) is 12.6 Å². The van der Waals surface area contributed by atoms with E-state index in [-0.39, 0.29) is 0 Å². The van der Waals surface area contributed by atoms with Crippen molar-refractivity contribution in [2.45, 2.75) is 5.03 Å². The van der Waals surface area contributed by atoms with Crippen molar-refractivity contribution in [3.05, 3.63) is 66.7 Å². The van der Waals surface area contributed by atoms with E-state index in [0.29, 0.717) is 0 Å². The van der Waals surface area contributed by atoms with E-state index in [1.165, 1.54) is 27.2 Å². The molecule has 0 N–H and O–H groups in total. The van der Waals surface area contributed by atoms with Crippen LogP contribution >= 0.6 is 0 Å². The van der Waals surface area contributed by atoms with Crippen LogP contribution in [-0.2, 0) is 19.7 Å². The maximum absolute atomic E-state index is 5.85.